The molecule has 3 rings (SSSR count). The van der Waals surface area contributed by atoms with Crippen LogP contribution >= 0.6 is 36.2 Å². The topological polar surface area (TPSA) is 69.8 Å². The number of anilines is 1. The van der Waals surface area contributed by atoms with Gasteiger partial charge in [-0.1, -0.05) is 6.92 Å². The predicted octanol–water partition coefficient (Wildman–Crippen LogP) is 1.90. The number of carboxylic acids is 1. The highest BCUT2D eigenvalue weighted by molar-refractivity contribution is 8.00. The molecule has 2 atom stereocenters. The van der Waals surface area contributed by atoms with E-state index in [1.807, 2.05) is 11.0 Å². The van der Waals surface area contributed by atoms with Crippen LogP contribution < -0.4 is 10.6 Å². The maximum atomic E-state index is 11.2. The monoisotopic (exact) mass is 339 g/mol. The van der Waals surface area contributed by atoms with Gasteiger partial charge in [-0.25, -0.2) is 4.79 Å². The molecular weight excluding hydrogens is 326 g/mol. The Bertz CT molecular complexity index is 664. The Labute approximate surface area is 137 Å². The zero-order valence-electron chi connectivity index (χ0n) is 11.1. The lowest BCUT2D eigenvalue weighted by atomic mass is 10.1. The van der Waals surface area contributed by atoms with Gasteiger partial charge in [-0.3, -0.25) is 4.90 Å². The van der Waals surface area contributed by atoms with E-state index in [4.69, 9.17) is 30.2 Å². The average molecular weight is 339 g/mol. The van der Waals surface area contributed by atoms with E-state index in [0.29, 0.717) is 16.9 Å². The molecule has 0 spiro atoms. The second-order valence-electron chi connectivity index (χ2n) is 4.98. The molecule has 0 saturated carbocycles. The predicted molar refractivity (Wildman–Crippen MR) is 91.1 cm³/mol. The molecule has 0 aliphatic carbocycles. The SMILES string of the molecule is CC1Sc2ccc(C(=O)O)cc2N2C(=S)N(C(N)=S)CC12. The molecule has 3 N–H and O–H groups in total. The van der Waals surface area contributed by atoms with Gasteiger partial charge in [0, 0.05) is 16.7 Å². The summed E-state index contributed by atoms with van der Waals surface area (Å²) >= 11 is 12.2. The van der Waals surface area contributed by atoms with Crippen LogP contribution in [-0.2, 0) is 0 Å². The number of thiocarbonyl (C=S) groups is 2. The third kappa shape index (κ3) is 2.27. The number of aromatic carboxylic acids is 1. The zero-order valence-corrected chi connectivity index (χ0v) is 13.6. The second-order valence-corrected chi connectivity index (χ2v) is 7.18. The number of carbonyl (C=O) groups is 1. The van der Waals surface area contributed by atoms with Gasteiger partial charge in [-0.15, -0.1) is 11.8 Å². The smallest absolute Gasteiger partial charge is 0.335 e. The fourth-order valence-corrected chi connectivity index (χ4v) is 4.48. The lowest BCUT2D eigenvalue weighted by Crippen LogP contribution is -2.43. The molecule has 1 fully saturated rings. The van der Waals surface area contributed by atoms with Crippen molar-refractivity contribution < 1.29 is 9.90 Å². The molecule has 2 aliphatic rings. The molecule has 1 aromatic carbocycles. The molecule has 0 amide bonds. The highest BCUT2D eigenvalue weighted by atomic mass is 32.2. The Kier molecular flexibility index (Phi) is 3.54. The van der Waals surface area contributed by atoms with Crippen molar-refractivity contribution in [1.29, 1.82) is 0 Å². The summed E-state index contributed by atoms with van der Waals surface area (Å²) in [5, 5.41) is 10.3. The van der Waals surface area contributed by atoms with Gasteiger partial charge in [-0.05, 0) is 42.6 Å². The van der Waals surface area contributed by atoms with Crippen LogP contribution in [0.3, 0.4) is 0 Å². The molecule has 1 saturated heterocycles. The Morgan fingerprint density at radius 3 is 2.86 bits per heavy atom. The number of fused-ring (bicyclic) bond motifs is 3. The third-order valence-electron chi connectivity index (χ3n) is 3.72. The minimum Gasteiger partial charge on any atom is -0.478 e. The largest absolute Gasteiger partial charge is 0.478 e. The van der Waals surface area contributed by atoms with Crippen molar-refractivity contribution >= 4 is 58.1 Å². The van der Waals surface area contributed by atoms with Gasteiger partial charge in [0.2, 0.25) is 0 Å². The van der Waals surface area contributed by atoms with Gasteiger partial charge < -0.3 is 15.7 Å². The van der Waals surface area contributed by atoms with Gasteiger partial charge >= 0.3 is 5.97 Å². The number of thioether (sulfide) groups is 1. The molecule has 2 heterocycles. The molecule has 0 aromatic heterocycles. The first-order valence-electron chi connectivity index (χ1n) is 6.34. The lowest BCUT2D eigenvalue weighted by Gasteiger charge is -2.35. The standard InChI is InChI=1S/C13H13N3O2S3/c1-6-9-5-15(12(14)19)13(20)16(9)8-4-7(11(17)18)2-3-10(8)21-6/h2-4,6,9H,5H2,1H3,(H2,14,19)(H,17,18). The van der Waals surface area contributed by atoms with E-state index in [1.54, 1.807) is 28.8 Å². The Morgan fingerprint density at radius 1 is 1.52 bits per heavy atom. The quantitative estimate of drug-likeness (QED) is 0.752. The van der Waals surface area contributed by atoms with Crippen molar-refractivity contribution in [3.8, 4) is 0 Å². The summed E-state index contributed by atoms with van der Waals surface area (Å²) in [5.74, 6) is -0.950. The van der Waals surface area contributed by atoms with Crippen molar-refractivity contribution in [3.05, 3.63) is 23.8 Å². The lowest BCUT2D eigenvalue weighted by molar-refractivity contribution is 0.0697. The van der Waals surface area contributed by atoms with Gasteiger partial charge in [0.25, 0.3) is 0 Å². The van der Waals surface area contributed by atoms with E-state index in [0.717, 1.165) is 10.6 Å². The van der Waals surface area contributed by atoms with Crippen LogP contribution in [0.1, 0.15) is 17.3 Å². The first-order valence-corrected chi connectivity index (χ1v) is 8.04. The molecule has 1 aromatic rings. The van der Waals surface area contributed by atoms with Crippen LogP contribution in [0.25, 0.3) is 0 Å². The van der Waals surface area contributed by atoms with E-state index >= 15 is 0 Å². The summed E-state index contributed by atoms with van der Waals surface area (Å²) in [5.41, 5.74) is 6.80. The first kappa shape index (κ1) is 14.6. The number of benzene rings is 1. The number of carboxylic acid groups (broad SMARTS) is 1. The molecule has 0 bridgehead atoms. The molecule has 8 heteroatoms. The van der Waals surface area contributed by atoms with E-state index in [1.165, 1.54) is 0 Å². The Morgan fingerprint density at radius 2 is 2.24 bits per heavy atom. The summed E-state index contributed by atoms with van der Waals surface area (Å²) in [6, 6.07) is 5.26. The molecule has 2 unspecified atom stereocenters. The number of nitrogens with two attached hydrogens (primary N) is 1. The maximum Gasteiger partial charge on any atom is 0.335 e. The molecule has 2 aliphatic heterocycles. The normalized spacial score (nSPS) is 23.8. The van der Waals surface area contributed by atoms with Crippen LogP contribution in [0.4, 0.5) is 5.69 Å². The van der Waals surface area contributed by atoms with Gasteiger partial charge in [-0.2, -0.15) is 0 Å². The molecule has 21 heavy (non-hydrogen) atoms. The highest BCUT2D eigenvalue weighted by Crippen LogP contribution is 2.44. The van der Waals surface area contributed by atoms with E-state index in [2.05, 4.69) is 6.92 Å². The number of hydrogen-bond acceptors (Lipinski definition) is 4. The fourth-order valence-electron chi connectivity index (χ4n) is 2.66. The van der Waals surface area contributed by atoms with Crippen molar-refractivity contribution in [2.75, 3.05) is 11.4 Å². The van der Waals surface area contributed by atoms with Crippen molar-refractivity contribution in [1.82, 2.24) is 4.90 Å². The molecule has 5 nitrogen and oxygen atoms in total. The van der Waals surface area contributed by atoms with E-state index in [-0.39, 0.29) is 16.7 Å². The van der Waals surface area contributed by atoms with Gasteiger partial charge in [0.15, 0.2) is 10.2 Å². The van der Waals surface area contributed by atoms with Crippen LogP contribution in [0.5, 0.6) is 0 Å². The summed E-state index contributed by atoms with van der Waals surface area (Å²) in [7, 11) is 0. The molecular formula is C13H13N3O2S3. The van der Waals surface area contributed by atoms with Crippen LogP contribution in [0, 0.1) is 0 Å². The first-order chi connectivity index (χ1) is 9.90. The van der Waals surface area contributed by atoms with Crippen LogP contribution in [0.15, 0.2) is 23.1 Å². The average Bonchev–Trinajstić information content (AvgIpc) is 2.77. The van der Waals surface area contributed by atoms with Gasteiger partial charge in [0.1, 0.15) is 0 Å². The Hall–Kier alpha value is -1.38. The second kappa shape index (κ2) is 5.11. The van der Waals surface area contributed by atoms with Crippen molar-refractivity contribution in [2.24, 2.45) is 5.73 Å². The molecule has 0 radical (unpaired) electrons. The summed E-state index contributed by atoms with van der Waals surface area (Å²) < 4.78 is 0. The van der Waals surface area contributed by atoms with E-state index < -0.39 is 5.97 Å². The summed E-state index contributed by atoms with van der Waals surface area (Å²) in [4.78, 5) is 15.9. The number of hydrogen-bond donors (Lipinski definition) is 2. The fraction of sp³-hybridized carbons (Fsp3) is 0.308. The van der Waals surface area contributed by atoms with Crippen molar-refractivity contribution in [3.63, 3.8) is 0 Å². The van der Waals surface area contributed by atoms with Crippen molar-refractivity contribution in [2.45, 2.75) is 23.1 Å². The van der Waals surface area contributed by atoms with E-state index in [9.17, 15) is 9.90 Å². The minimum atomic E-state index is -0.950. The minimum absolute atomic E-state index is 0.139. The van der Waals surface area contributed by atoms with Crippen LogP contribution in [-0.4, -0.2) is 44.0 Å². The van der Waals surface area contributed by atoms with Crippen LogP contribution in [0.2, 0.25) is 0 Å². The third-order valence-corrected chi connectivity index (χ3v) is 5.65. The number of rotatable bonds is 1. The number of nitrogens with zero attached hydrogens (tertiary/aromatic N) is 2. The summed E-state index contributed by atoms with van der Waals surface area (Å²) in [6.45, 7) is 2.77. The Balaban J connectivity index is 2.09. The highest BCUT2D eigenvalue weighted by Gasteiger charge is 2.43. The maximum absolute atomic E-state index is 11.2. The summed E-state index contributed by atoms with van der Waals surface area (Å²) in [6.07, 6.45) is 0. The van der Waals surface area contributed by atoms with Gasteiger partial charge in [0.05, 0.1) is 17.3 Å². The molecule has 110 valence electrons. The zero-order chi connectivity index (χ0) is 15.3.